The molecule has 0 aliphatic heterocycles. The quantitative estimate of drug-likeness (QED) is 0.151. The van der Waals surface area contributed by atoms with Crippen molar-refractivity contribution < 1.29 is 0 Å². The zero-order valence-corrected chi connectivity index (χ0v) is 35.6. The lowest BCUT2D eigenvalue weighted by molar-refractivity contribution is 1.33. The number of benzene rings is 13. The predicted molar refractivity (Wildman–Crippen MR) is 280 cm³/mol. The maximum absolute atomic E-state index is 2.54. The van der Waals surface area contributed by atoms with Crippen molar-refractivity contribution in [2.45, 2.75) is 0 Å². The fraction of sp³-hybridized carbons (Fsp3) is 0. The van der Waals surface area contributed by atoms with Gasteiger partial charge in [-0.1, -0.05) is 218 Å². The molecule has 0 fully saturated rings. The Bertz CT molecular complexity index is 3870. The van der Waals surface area contributed by atoms with Crippen LogP contribution in [0.4, 0.5) is 17.1 Å². The van der Waals surface area contributed by atoms with Crippen LogP contribution in [0.15, 0.2) is 249 Å². The van der Waals surface area contributed by atoms with Crippen molar-refractivity contribution >= 4 is 92.5 Å². The molecular formula is C64H41N. The molecule has 0 spiro atoms. The Morgan fingerprint density at radius 2 is 0.631 bits per heavy atom. The second kappa shape index (κ2) is 15.1. The smallest absolute Gasteiger partial charge is 0.0546 e. The molecule has 13 aromatic carbocycles. The largest absolute Gasteiger partial charge is 0.309 e. The Labute approximate surface area is 377 Å². The van der Waals surface area contributed by atoms with E-state index in [0.717, 1.165) is 17.1 Å². The number of anilines is 3. The SMILES string of the molecule is c1ccc(-c2cc(-c3ccccc3)c3c4ccc(N(c5cc6ccccc6c6ccccc56)c5cc6ccccc6c6ccccc56)cc4c4ccccc4c3c2-c2ccccc2)cc1. The number of nitrogens with zero attached hydrogens (tertiary/aromatic N) is 1. The van der Waals surface area contributed by atoms with Crippen molar-refractivity contribution in [3.05, 3.63) is 249 Å². The van der Waals surface area contributed by atoms with E-state index in [9.17, 15) is 0 Å². The van der Waals surface area contributed by atoms with Gasteiger partial charge in [-0.2, -0.15) is 0 Å². The van der Waals surface area contributed by atoms with Crippen LogP contribution in [0.25, 0.3) is 109 Å². The first-order valence-electron chi connectivity index (χ1n) is 22.5. The minimum Gasteiger partial charge on any atom is -0.309 e. The van der Waals surface area contributed by atoms with Gasteiger partial charge in [0.15, 0.2) is 0 Å². The lowest BCUT2D eigenvalue weighted by Crippen LogP contribution is -2.11. The minimum atomic E-state index is 1.10. The second-order valence-electron chi connectivity index (χ2n) is 17.1. The molecule has 13 aromatic rings. The molecule has 0 aliphatic carbocycles. The minimum absolute atomic E-state index is 1.10. The van der Waals surface area contributed by atoms with Gasteiger partial charge in [-0.3, -0.25) is 0 Å². The zero-order chi connectivity index (χ0) is 42.8. The standard InChI is InChI=1S/C64H41N/c1-4-20-42(21-5-1)57-41-58(43-22-6-2-7-23-43)63-56-37-36-47(40-59(56)52-32-16-19-35-55(52)64(63)62(57)44-24-8-3-9-25-44)65(60-38-45-26-10-12-28-48(45)50-30-14-17-33-53(50)60)61-39-46-27-11-13-29-49(46)51-31-15-18-34-54(51)61/h1-41H. The van der Waals surface area contributed by atoms with E-state index in [2.05, 4.69) is 254 Å². The Morgan fingerprint density at radius 3 is 1.17 bits per heavy atom. The molecule has 0 aliphatic rings. The van der Waals surface area contributed by atoms with Crippen molar-refractivity contribution in [2.75, 3.05) is 4.90 Å². The molecule has 0 aromatic heterocycles. The van der Waals surface area contributed by atoms with E-state index in [-0.39, 0.29) is 0 Å². The summed E-state index contributed by atoms with van der Waals surface area (Å²) in [5.74, 6) is 0. The summed E-state index contributed by atoms with van der Waals surface area (Å²) in [4.78, 5) is 2.54. The number of rotatable bonds is 6. The number of fused-ring (bicyclic) bond motifs is 12. The van der Waals surface area contributed by atoms with E-state index in [1.54, 1.807) is 0 Å². The van der Waals surface area contributed by atoms with Gasteiger partial charge in [-0.25, -0.2) is 0 Å². The van der Waals surface area contributed by atoms with Gasteiger partial charge in [0.1, 0.15) is 0 Å². The Hall–Kier alpha value is -8.52. The maximum Gasteiger partial charge on any atom is 0.0546 e. The molecule has 0 radical (unpaired) electrons. The van der Waals surface area contributed by atoms with Crippen molar-refractivity contribution in [1.29, 1.82) is 0 Å². The van der Waals surface area contributed by atoms with Crippen molar-refractivity contribution in [3.8, 4) is 33.4 Å². The van der Waals surface area contributed by atoms with Crippen molar-refractivity contribution in [1.82, 2.24) is 0 Å². The van der Waals surface area contributed by atoms with Crippen LogP contribution in [0.1, 0.15) is 0 Å². The van der Waals surface area contributed by atoms with Gasteiger partial charge in [-0.05, 0) is 128 Å². The monoisotopic (exact) mass is 823 g/mol. The topological polar surface area (TPSA) is 3.24 Å². The van der Waals surface area contributed by atoms with Crippen LogP contribution in [0.2, 0.25) is 0 Å². The lowest BCUT2D eigenvalue weighted by Gasteiger charge is -2.30. The van der Waals surface area contributed by atoms with Gasteiger partial charge in [0.2, 0.25) is 0 Å². The molecule has 13 rings (SSSR count). The summed E-state index contributed by atoms with van der Waals surface area (Å²) in [7, 11) is 0. The fourth-order valence-corrected chi connectivity index (χ4v) is 10.7. The third-order valence-electron chi connectivity index (χ3n) is 13.6. The highest BCUT2D eigenvalue weighted by Gasteiger charge is 2.25. The molecule has 0 saturated heterocycles. The zero-order valence-electron chi connectivity index (χ0n) is 35.6. The molecule has 0 bridgehead atoms. The third kappa shape index (κ3) is 5.94. The highest BCUT2D eigenvalue weighted by atomic mass is 15.1. The van der Waals surface area contributed by atoms with E-state index in [4.69, 9.17) is 0 Å². The summed E-state index contributed by atoms with van der Waals surface area (Å²) in [6.07, 6.45) is 0. The first-order chi connectivity index (χ1) is 32.3. The molecule has 302 valence electrons. The van der Waals surface area contributed by atoms with E-state index < -0.39 is 0 Å². The van der Waals surface area contributed by atoms with E-state index in [1.807, 2.05) is 0 Å². The van der Waals surface area contributed by atoms with E-state index in [1.165, 1.54) is 109 Å². The Balaban J connectivity index is 1.20. The molecular weight excluding hydrogens is 783 g/mol. The van der Waals surface area contributed by atoms with Crippen LogP contribution >= 0.6 is 0 Å². The summed E-state index contributed by atoms with van der Waals surface area (Å²) in [5.41, 5.74) is 10.7. The first-order valence-corrected chi connectivity index (χ1v) is 22.5. The molecule has 0 N–H and O–H groups in total. The van der Waals surface area contributed by atoms with Crippen LogP contribution in [0.5, 0.6) is 0 Å². The average Bonchev–Trinajstić information content (AvgIpc) is 3.39. The van der Waals surface area contributed by atoms with E-state index in [0.29, 0.717) is 0 Å². The van der Waals surface area contributed by atoms with Crippen LogP contribution in [-0.4, -0.2) is 0 Å². The Morgan fingerprint density at radius 1 is 0.231 bits per heavy atom. The normalized spacial score (nSPS) is 11.7. The summed E-state index contributed by atoms with van der Waals surface area (Å²) in [6.45, 7) is 0. The maximum atomic E-state index is 2.54. The number of hydrogen-bond acceptors (Lipinski definition) is 1. The van der Waals surface area contributed by atoms with Gasteiger partial charge < -0.3 is 4.90 Å². The molecule has 0 unspecified atom stereocenters. The second-order valence-corrected chi connectivity index (χ2v) is 17.1. The van der Waals surface area contributed by atoms with Crippen LogP contribution in [0, 0.1) is 0 Å². The predicted octanol–water partition coefficient (Wildman–Crippen LogP) is 18.2. The molecule has 0 atom stereocenters. The Kier molecular flexibility index (Phi) is 8.60. The first kappa shape index (κ1) is 37.1. The van der Waals surface area contributed by atoms with Crippen molar-refractivity contribution in [3.63, 3.8) is 0 Å². The molecule has 0 heterocycles. The van der Waals surface area contributed by atoms with E-state index >= 15 is 0 Å². The third-order valence-corrected chi connectivity index (χ3v) is 13.6. The van der Waals surface area contributed by atoms with Crippen LogP contribution in [0.3, 0.4) is 0 Å². The fourth-order valence-electron chi connectivity index (χ4n) is 10.7. The van der Waals surface area contributed by atoms with Gasteiger partial charge in [0, 0.05) is 16.5 Å². The highest BCUT2D eigenvalue weighted by Crippen LogP contribution is 2.51. The van der Waals surface area contributed by atoms with Crippen molar-refractivity contribution in [2.24, 2.45) is 0 Å². The molecule has 65 heavy (non-hydrogen) atoms. The van der Waals surface area contributed by atoms with Gasteiger partial charge in [0.05, 0.1) is 11.4 Å². The average molecular weight is 824 g/mol. The summed E-state index contributed by atoms with van der Waals surface area (Å²) >= 11 is 0. The highest BCUT2D eigenvalue weighted by molar-refractivity contribution is 6.33. The molecule has 1 nitrogen and oxygen atoms in total. The van der Waals surface area contributed by atoms with Crippen LogP contribution in [-0.2, 0) is 0 Å². The molecule has 0 saturated carbocycles. The summed E-state index contributed by atoms with van der Waals surface area (Å²) < 4.78 is 0. The van der Waals surface area contributed by atoms with Gasteiger partial charge in [0.25, 0.3) is 0 Å². The molecule has 1 heteroatoms. The van der Waals surface area contributed by atoms with Crippen LogP contribution < -0.4 is 4.90 Å². The summed E-state index contributed by atoms with van der Waals surface area (Å²) in [5, 5.41) is 17.3. The lowest BCUT2D eigenvalue weighted by atomic mass is 9.81. The number of hydrogen-bond donors (Lipinski definition) is 0. The summed E-state index contributed by atoms with van der Waals surface area (Å²) in [6, 6.07) is 91.8. The molecule has 0 amide bonds. The van der Waals surface area contributed by atoms with Gasteiger partial charge >= 0.3 is 0 Å². The van der Waals surface area contributed by atoms with Gasteiger partial charge in [-0.15, -0.1) is 0 Å².